The van der Waals surface area contributed by atoms with Gasteiger partial charge in [0.1, 0.15) is 11.6 Å². The Kier molecular flexibility index (Phi) is 4.10. The van der Waals surface area contributed by atoms with Gasteiger partial charge < -0.3 is 9.80 Å². The molecule has 0 spiro atoms. The molecular weight excluding hydrogens is 308 g/mol. The fourth-order valence-electron chi connectivity index (χ4n) is 3.35. The van der Waals surface area contributed by atoms with E-state index in [0.29, 0.717) is 0 Å². The first kappa shape index (κ1) is 15.6. The summed E-state index contributed by atoms with van der Waals surface area (Å²) in [7, 11) is 4.22. The Balaban J connectivity index is 1.76. The molecule has 2 heterocycles. The monoisotopic (exact) mass is 330 g/mol. The predicted octanol–water partition coefficient (Wildman–Crippen LogP) is 3.77. The molecule has 0 N–H and O–H groups in total. The third-order valence-corrected chi connectivity index (χ3v) is 4.68. The van der Waals surface area contributed by atoms with Gasteiger partial charge in [-0.25, -0.2) is 9.97 Å². The number of likely N-dealkylation sites (N-methyl/N-ethyl adjacent to an activating group) is 1. The highest BCUT2D eigenvalue weighted by Gasteiger charge is 2.25. The molecule has 4 nitrogen and oxygen atoms in total. The lowest BCUT2D eigenvalue weighted by atomic mass is 10.1. The maximum atomic E-state index is 4.93. The molecular formula is C21H22N4. The van der Waals surface area contributed by atoms with Crippen molar-refractivity contribution in [2.75, 3.05) is 30.4 Å². The number of nitrogens with zero attached hydrogens (tertiary/aromatic N) is 4. The van der Waals surface area contributed by atoms with Crippen molar-refractivity contribution in [2.24, 2.45) is 0 Å². The second-order valence-electron chi connectivity index (χ2n) is 6.55. The van der Waals surface area contributed by atoms with Crippen LogP contribution in [0.3, 0.4) is 0 Å². The molecule has 126 valence electrons. The van der Waals surface area contributed by atoms with Crippen LogP contribution in [0.4, 0.5) is 11.6 Å². The Morgan fingerprint density at radius 1 is 0.960 bits per heavy atom. The second kappa shape index (κ2) is 6.55. The molecule has 0 atom stereocenters. The van der Waals surface area contributed by atoms with E-state index in [1.165, 1.54) is 11.1 Å². The smallest absolute Gasteiger partial charge is 0.163 e. The van der Waals surface area contributed by atoms with E-state index in [4.69, 9.17) is 9.97 Å². The van der Waals surface area contributed by atoms with Crippen molar-refractivity contribution < 1.29 is 0 Å². The molecule has 1 aromatic heterocycles. The molecule has 0 aliphatic carbocycles. The molecule has 0 radical (unpaired) electrons. The van der Waals surface area contributed by atoms with E-state index in [0.717, 1.165) is 42.5 Å². The summed E-state index contributed by atoms with van der Waals surface area (Å²) in [5.74, 6) is 2.89. The van der Waals surface area contributed by atoms with E-state index >= 15 is 0 Å². The van der Waals surface area contributed by atoms with Crippen molar-refractivity contribution >= 4 is 11.6 Å². The third kappa shape index (κ3) is 3.07. The Hall–Kier alpha value is -2.88. The number of anilines is 2. The molecule has 25 heavy (non-hydrogen) atoms. The second-order valence-corrected chi connectivity index (χ2v) is 6.55. The van der Waals surface area contributed by atoms with Crippen LogP contribution in [-0.4, -0.2) is 30.6 Å². The highest BCUT2D eigenvalue weighted by atomic mass is 15.2. The summed E-state index contributed by atoms with van der Waals surface area (Å²) < 4.78 is 0. The molecule has 0 amide bonds. The van der Waals surface area contributed by atoms with Crippen LogP contribution in [0.15, 0.2) is 60.7 Å². The molecule has 0 saturated heterocycles. The van der Waals surface area contributed by atoms with Gasteiger partial charge in [0.2, 0.25) is 0 Å². The van der Waals surface area contributed by atoms with E-state index in [-0.39, 0.29) is 0 Å². The van der Waals surface area contributed by atoms with Gasteiger partial charge >= 0.3 is 0 Å². The standard InChI is InChI=1S/C21H22N4/c1-24-14-13-18-20(24)22-19(17-11-7-4-8-12-17)23-21(18)25(2)15-16-9-5-3-6-10-16/h3-12H,13-15H2,1-2H3. The lowest BCUT2D eigenvalue weighted by molar-refractivity contribution is 0.880. The number of hydrogen-bond acceptors (Lipinski definition) is 4. The average Bonchev–Trinajstić information content (AvgIpc) is 3.03. The zero-order valence-electron chi connectivity index (χ0n) is 14.7. The fourth-order valence-corrected chi connectivity index (χ4v) is 3.35. The SMILES string of the molecule is CN1CCc2c1nc(-c1ccccc1)nc2N(C)Cc1ccccc1. The van der Waals surface area contributed by atoms with Crippen molar-refractivity contribution in [2.45, 2.75) is 13.0 Å². The van der Waals surface area contributed by atoms with E-state index in [9.17, 15) is 0 Å². The van der Waals surface area contributed by atoms with E-state index in [1.807, 2.05) is 24.3 Å². The minimum absolute atomic E-state index is 0.794. The minimum atomic E-state index is 0.794. The first-order chi connectivity index (χ1) is 12.2. The molecule has 1 aliphatic rings. The van der Waals surface area contributed by atoms with Crippen LogP contribution in [0.2, 0.25) is 0 Å². The van der Waals surface area contributed by atoms with Crippen molar-refractivity contribution in [3.8, 4) is 11.4 Å². The average molecular weight is 330 g/mol. The zero-order valence-corrected chi connectivity index (χ0v) is 14.7. The Labute approximate surface area is 148 Å². The van der Waals surface area contributed by atoms with Gasteiger partial charge in [0.25, 0.3) is 0 Å². The van der Waals surface area contributed by atoms with Gasteiger partial charge in [-0.2, -0.15) is 0 Å². The number of hydrogen-bond donors (Lipinski definition) is 0. The van der Waals surface area contributed by atoms with Crippen LogP contribution in [0.25, 0.3) is 11.4 Å². The molecule has 0 fully saturated rings. The number of aromatic nitrogens is 2. The fraction of sp³-hybridized carbons (Fsp3) is 0.238. The minimum Gasteiger partial charge on any atom is -0.359 e. The van der Waals surface area contributed by atoms with Gasteiger partial charge in [0, 0.05) is 38.3 Å². The number of benzene rings is 2. The summed E-state index contributed by atoms with van der Waals surface area (Å²) in [6.45, 7) is 1.83. The molecule has 0 unspecified atom stereocenters. The number of rotatable bonds is 4. The third-order valence-electron chi connectivity index (χ3n) is 4.68. The highest BCUT2D eigenvalue weighted by molar-refractivity contribution is 5.69. The molecule has 2 aromatic carbocycles. The lowest BCUT2D eigenvalue weighted by Crippen LogP contribution is -2.20. The Morgan fingerprint density at radius 3 is 2.36 bits per heavy atom. The summed E-state index contributed by atoms with van der Waals surface area (Å²) in [5.41, 5.74) is 3.59. The van der Waals surface area contributed by atoms with Crippen molar-refractivity contribution in [1.29, 1.82) is 0 Å². The van der Waals surface area contributed by atoms with Crippen LogP contribution in [0.5, 0.6) is 0 Å². The molecule has 4 rings (SSSR count). The summed E-state index contributed by atoms with van der Waals surface area (Å²) in [6, 6.07) is 20.7. The Morgan fingerprint density at radius 2 is 1.64 bits per heavy atom. The highest BCUT2D eigenvalue weighted by Crippen LogP contribution is 2.34. The van der Waals surface area contributed by atoms with Gasteiger partial charge in [-0.05, 0) is 12.0 Å². The zero-order chi connectivity index (χ0) is 17.2. The van der Waals surface area contributed by atoms with E-state index < -0.39 is 0 Å². The van der Waals surface area contributed by atoms with E-state index in [2.05, 4.69) is 60.3 Å². The van der Waals surface area contributed by atoms with Crippen LogP contribution < -0.4 is 9.80 Å². The van der Waals surface area contributed by atoms with Crippen molar-refractivity contribution in [3.63, 3.8) is 0 Å². The van der Waals surface area contributed by atoms with Crippen LogP contribution in [0, 0.1) is 0 Å². The summed E-state index contributed by atoms with van der Waals surface area (Å²) >= 11 is 0. The maximum absolute atomic E-state index is 4.93. The first-order valence-electron chi connectivity index (χ1n) is 8.65. The van der Waals surface area contributed by atoms with Crippen LogP contribution in [-0.2, 0) is 13.0 Å². The maximum Gasteiger partial charge on any atom is 0.163 e. The molecule has 4 heteroatoms. The molecule has 3 aromatic rings. The van der Waals surface area contributed by atoms with Crippen LogP contribution in [0.1, 0.15) is 11.1 Å². The van der Waals surface area contributed by atoms with E-state index in [1.54, 1.807) is 0 Å². The van der Waals surface area contributed by atoms with Gasteiger partial charge in [-0.1, -0.05) is 60.7 Å². The first-order valence-corrected chi connectivity index (χ1v) is 8.65. The summed E-state index contributed by atoms with van der Waals surface area (Å²) in [5, 5.41) is 0. The van der Waals surface area contributed by atoms with Crippen molar-refractivity contribution in [1.82, 2.24) is 9.97 Å². The lowest BCUT2D eigenvalue weighted by Gasteiger charge is -2.22. The molecule has 0 saturated carbocycles. The van der Waals surface area contributed by atoms with Crippen LogP contribution >= 0.6 is 0 Å². The normalized spacial score (nSPS) is 13.0. The summed E-state index contributed by atoms with van der Waals surface area (Å²) in [4.78, 5) is 14.2. The van der Waals surface area contributed by atoms with Gasteiger partial charge in [-0.3, -0.25) is 0 Å². The molecule has 0 bridgehead atoms. The Bertz CT molecular complexity index is 862. The van der Waals surface area contributed by atoms with Gasteiger partial charge in [0.05, 0.1) is 0 Å². The quantitative estimate of drug-likeness (QED) is 0.729. The topological polar surface area (TPSA) is 32.3 Å². The number of fused-ring (bicyclic) bond motifs is 1. The largest absolute Gasteiger partial charge is 0.359 e. The van der Waals surface area contributed by atoms with Crippen molar-refractivity contribution in [3.05, 3.63) is 71.8 Å². The predicted molar refractivity (Wildman–Crippen MR) is 103 cm³/mol. The van der Waals surface area contributed by atoms with Gasteiger partial charge in [-0.15, -0.1) is 0 Å². The van der Waals surface area contributed by atoms with Gasteiger partial charge in [0.15, 0.2) is 5.82 Å². The summed E-state index contributed by atoms with van der Waals surface area (Å²) in [6.07, 6.45) is 0.995. The molecule has 1 aliphatic heterocycles.